The highest BCUT2D eigenvalue weighted by molar-refractivity contribution is 6.29. The Kier molecular flexibility index (Phi) is 4.16. The Morgan fingerprint density at radius 2 is 1.95 bits per heavy atom. The third-order valence-electron chi connectivity index (χ3n) is 3.23. The number of halogens is 1. The third kappa shape index (κ3) is 3.28. The maximum atomic E-state index is 5.76. The fraction of sp³-hybridized carbons (Fsp3) is 0.267. The molecule has 0 bridgehead atoms. The minimum Gasteiger partial charge on any atom is -0.371 e. The third-order valence-corrected chi connectivity index (χ3v) is 3.45. The molecular weight excluding hydrogens is 274 g/mol. The number of pyridine rings is 1. The molecule has 0 saturated carbocycles. The summed E-state index contributed by atoms with van der Waals surface area (Å²) in [5.41, 5.74) is 3.12. The van der Waals surface area contributed by atoms with Crippen LogP contribution in [0.15, 0.2) is 42.6 Å². The number of rotatable bonds is 3. The molecule has 5 heteroatoms. The first kappa shape index (κ1) is 13.4. The molecule has 1 aliphatic rings. The SMILES string of the molecule is Clc1ccc(Nc2ccc(C3CNCCO3)cc2)cn1. The molecule has 1 atom stereocenters. The first-order chi connectivity index (χ1) is 9.81. The van der Waals surface area contributed by atoms with Crippen molar-refractivity contribution >= 4 is 23.0 Å². The van der Waals surface area contributed by atoms with E-state index in [2.05, 4.69) is 27.8 Å². The fourth-order valence-corrected chi connectivity index (χ4v) is 2.29. The van der Waals surface area contributed by atoms with E-state index in [1.54, 1.807) is 12.3 Å². The van der Waals surface area contributed by atoms with Gasteiger partial charge >= 0.3 is 0 Å². The molecule has 20 heavy (non-hydrogen) atoms. The van der Waals surface area contributed by atoms with Crippen molar-refractivity contribution in [1.82, 2.24) is 10.3 Å². The Balaban J connectivity index is 1.67. The van der Waals surface area contributed by atoms with Crippen LogP contribution in [0.1, 0.15) is 11.7 Å². The Bertz CT molecular complexity index is 550. The number of morpholine rings is 1. The second-order valence-electron chi connectivity index (χ2n) is 4.68. The van der Waals surface area contributed by atoms with Crippen LogP contribution in [-0.2, 0) is 4.74 Å². The number of nitrogens with zero attached hydrogens (tertiary/aromatic N) is 1. The van der Waals surface area contributed by atoms with Crippen LogP contribution in [0.3, 0.4) is 0 Å². The van der Waals surface area contributed by atoms with Crippen molar-refractivity contribution in [1.29, 1.82) is 0 Å². The number of nitrogens with one attached hydrogen (secondary N) is 2. The average Bonchev–Trinajstić information content (AvgIpc) is 2.51. The molecule has 1 aromatic carbocycles. The molecule has 1 aromatic heterocycles. The van der Waals surface area contributed by atoms with Crippen molar-refractivity contribution in [2.45, 2.75) is 6.10 Å². The second-order valence-corrected chi connectivity index (χ2v) is 5.07. The minimum atomic E-state index is 0.148. The molecule has 1 fully saturated rings. The lowest BCUT2D eigenvalue weighted by atomic mass is 10.1. The summed E-state index contributed by atoms with van der Waals surface area (Å²) in [6.07, 6.45) is 1.86. The lowest BCUT2D eigenvalue weighted by molar-refractivity contribution is 0.0277. The standard InChI is InChI=1S/C15H16ClN3O/c16-15-6-5-13(9-18-15)19-12-3-1-11(2-4-12)14-10-17-7-8-20-14/h1-6,9,14,17,19H,7-8,10H2. The number of benzene rings is 1. The van der Waals surface area contributed by atoms with Crippen LogP contribution in [0.4, 0.5) is 11.4 Å². The summed E-state index contributed by atoms with van der Waals surface area (Å²) in [4.78, 5) is 4.04. The monoisotopic (exact) mass is 289 g/mol. The van der Waals surface area contributed by atoms with Crippen molar-refractivity contribution < 1.29 is 4.74 Å². The molecule has 4 nitrogen and oxygen atoms in total. The van der Waals surface area contributed by atoms with E-state index >= 15 is 0 Å². The lowest BCUT2D eigenvalue weighted by Gasteiger charge is -2.24. The Labute approximate surface area is 123 Å². The van der Waals surface area contributed by atoms with Crippen molar-refractivity contribution in [3.8, 4) is 0 Å². The largest absolute Gasteiger partial charge is 0.371 e. The van der Waals surface area contributed by atoms with Gasteiger partial charge in [0.15, 0.2) is 0 Å². The van der Waals surface area contributed by atoms with Gasteiger partial charge < -0.3 is 15.4 Å². The van der Waals surface area contributed by atoms with Crippen molar-refractivity contribution in [3.63, 3.8) is 0 Å². The van der Waals surface area contributed by atoms with Crippen LogP contribution in [0.25, 0.3) is 0 Å². The summed E-state index contributed by atoms with van der Waals surface area (Å²) in [5.74, 6) is 0. The highest BCUT2D eigenvalue weighted by Crippen LogP contribution is 2.22. The first-order valence-corrected chi connectivity index (χ1v) is 7.00. The zero-order chi connectivity index (χ0) is 13.8. The Morgan fingerprint density at radius 3 is 2.60 bits per heavy atom. The quantitative estimate of drug-likeness (QED) is 0.852. The Morgan fingerprint density at radius 1 is 1.15 bits per heavy atom. The van der Waals surface area contributed by atoms with E-state index in [1.807, 2.05) is 18.2 Å². The molecule has 1 saturated heterocycles. The van der Waals surface area contributed by atoms with Gasteiger partial charge in [-0.2, -0.15) is 0 Å². The molecule has 104 valence electrons. The molecule has 1 aliphatic heterocycles. The van der Waals surface area contributed by atoms with Crippen LogP contribution in [0, 0.1) is 0 Å². The van der Waals surface area contributed by atoms with Crippen molar-refractivity contribution in [3.05, 3.63) is 53.3 Å². The molecule has 0 radical (unpaired) electrons. The smallest absolute Gasteiger partial charge is 0.129 e. The van der Waals surface area contributed by atoms with Crippen molar-refractivity contribution in [2.75, 3.05) is 25.0 Å². The summed E-state index contributed by atoms with van der Waals surface area (Å²) < 4.78 is 5.73. The van der Waals surface area contributed by atoms with E-state index in [0.717, 1.165) is 31.1 Å². The van der Waals surface area contributed by atoms with Crippen LogP contribution in [0.2, 0.25) is 5.15 Å². The van der Waals surface area contributed by atoms with Gasteiger partial charge in [0.05, 0.1) is 24.6 Å². The normalized spacial score (nSPS) is 18.8. The second kappa shape index (κ2) is 6.22. The molecule has 0 amide bonds. The molecule has 1 unspecified atom stereocenters. The van der Waals surface area contributed by atoms with Crippen LogP contribution in [-0.4, -0.2) is 24.7 Å². The van der Waals surface area contributed by atoms with Gasteiger partial charge in [-0.25, -0.2) is 4.98 Å². The van der Waals surface area contributed by atoms with E-state index in [-0.39, 0.29) is 6.10 Å². The van der Waals surface area contributed by atoms with Gasteiger partial charge in [-0.3, -0.25) is 0 Å². The van der Waals surface area contributed by atoms with E-state index in [1.165, 1.54) is 5.56 Å². The zero-order valence-corrected chi connectivity index (χ0v) is 11.7. The number of aromatic nitrogens is 1. The molecule has 3 rings (SSSR count). The predicted molar refractivity (Wildman–Crippen MR) is 80.5 cm³/mol. The predicted octanol–water partition coefficient (Wildman–Crippen LogP) is 3.14. The molecular formula is C15H16ClN3O. The lowest BCUT2D eigenvalue weighted by Crippen LogP contribution is -2.33. The van der Waals surface area contributed by atoms with Gasteiger partial charge in [0.1, 0.15) is 5.15 Å². The summed E-state index contributed by atoms with van der Waals surface area (Å²) in [5, 5.41) is 7.11. The number of ether oxygens (including phenoxy) is 1. The van der Waals surface area contributed by atoms with Crippen molar-refractivity contribution in [2.24, 2.45) is 0 Å². The summed E-state index contributed by atoms with van der Waals surface area (Å²) in [6.45, 7) is 2.56. The topological polar surface area (TPSA) is 46.2 Å². The zero-order valence-electron chi connectivity index (χ0n) is 11.0. The molecule has 0 spiro atoms. The highest BCUT2D eigenvalue weighted by atomic mass is 35.5. The molecule has 2 N–H and O–H groups in total. The number of hydrogen-bond acceptors (Lipinski definition) is 4. The van der Waals surface area contributed by atoms with Gasteiger partial charge in [-0.1, -0.05) is 23.7 Å². The minimum absolute atomic E-state index is 0.148. The fourth-order valence-electron chi connectivity index (χ4n) is 2.18. The van der Waals surface area contributed by atoms with E-state index < -0.39 is 0 Å². The maximum absolute atomic E-state index is 5.76. The summed E-state index contributed by atoms with van der Waals surface area (Å²) in [7, 11) is 0. The molecule has 2 aromatic rings. The van der Waals surface area contributed by atoms with Gasteiger partial charge in [0.25, 0.3) is 0 Å². The van der Waals surface area contributed by atoms with Gasteiger partial charge in [0, 0.05) is 18.8 Å². The van der Waals surface area contributed by atoms with Crippen LogP contribution >= 0.6 is 11.6 Å². The van der Waals surface area contributed by atoms with Gasteiger partial charge in [0.2, 0.25) is 0 Å². The van der Waals surface area contributed by atoms with Crippen LogP contribution < -0.4 is 10.6 Å². The molecule has 0 aliphatic carbocycles. The van der Waals surface area contributed by atoms with Crippen LogP contribution in [0.5, 0.6) is 0 Å². The van der Waals surface area contributed by atoms with E-state index in [0.29, 0.717) is 5.15 Å². The number of anilines is 2. The van der Waals surface area contributed by atoms with E-state index in [9.17, 15) is 0 Å². The molecule has 2 heterocycles. The Hall–Kier alpha value is -1.62. The summed E-state index contributed by atoms with van der Waals surface area (Å²) >= 11 is 5.76. The van der Waals surface area contributed by atoms with Gasteiger partial charge in [-0.15, -0.1) is 0 Å². The average molecular weight is 290 g/mol. The summed E-state index contributed by atoms with van der Waals surface area (Å²) in [6, 6.07) is 11.9. The van der Waals surface area contributed by atoms with Gasteiger partial charge in [-0.05, 0) is 29.8 Å². The first-order valence-electron chi connectivity index (χ1n) is 6.62. The highest BCUT2D eigenvalue weighted by Gasteiger charge is 2.15. The van der Waals surface area contributed by atoms with E-state index in [4.69, 9.17) is 16.3 Å². The maximum Gasteiger partial charge on any atom is 0.129 e. The number of hydrogen-bond donors (Lipinski definition) is 2.